The fourth-order valence-corrected chi connectivity index (χ4v) is 0.914. The van der Waals surface area contributed by atoms with Crippen molar-refractivity contribution >= 4 is 17.6 Å². The summed E-state index contributed by atoms with van der Waals surface area (Å²) in [5.74, 6) is -4.21. The van der Waals surface area contributed by atoms with Crippen LogP contribution in [0.3, 0.4) is 0 Å². The van der Waals surface area contributed by atoms with E-state index in [-0.39, 0.29) is 29.6 Å². The van der Waals surface area contributed by atoms with Gasteiger partial charge in [-0.1, -0.05) is 11.6 Å². The molecule has 0 bridgehead atoms. The van der Waals surface area contributed by atoms with Crippen molar-refractivity contribution in [2.75, 3.05) is 0 Å². The van der Waals surface area contributed by atoms with Crippen LogP contribution in [0.15, 0.2) is 12.1 Å². The number of rotatable bonds is 1. The molecule has 2 nitrogen and oxygen atoms in total. The third-order valence-electron chi connectivity index (χ3n) is 1.26. The second-order valence-corrected chi connectivity index (χ2v) is 2.39. The standard InChI is InChI=1S/C7H3ClF2O2.Na/c8-5-3(7(11)12)1-2-4(9)6(5)10;/h1-2H,(H,11,12);/q;+1/p-1. The topological polar surface area (TPSA) is 40.1 Å². The maximum Gasteiger partial charge on any atom is 1.00 e. The number of halogens is 3. The van der Waals surface area contributed by atoms with Crippen molar-refractivity contribution in [3.8, 4) is 0 Å². The van der Waals surface area contributed by atoms with Crippen molar-refractivity contribution in [2.45, 2.75) is 0 Å². The maximum atomic E-state index is 12.6. The molecule has 0 saturated heterocycles. The molecule has 1 aromatic rings. The molecule has 1 rings (SSSR count). The SMILES string of the molecule is O=C([O-])c1ccc(F)c(F)c1Cl.[Na+]. The predicted molar refractivity (Wildman–Crippen MR) is 35.7 cm³/mol. The molecule has 0 amide bonds. The summed E-state index contributed by atoms with van der Waals surface area (Å²) in [6.07, 6.45) is 0. The third-order valence-corrected chi connectivity index (χ3v) is 1.62. The summed E-state index contributed by atoms with van der Waals surface area (Å²) in [6.45, 7) is 0. The van der Waals surface area contributed by atoms with E-state index >= 15 is 0 Å². The number of hydrogen-bond acceptors (Lipinski definition) is 2. The number of carboxylic acids is 1. The van der Waals surface area contributed by atoms with Gasteiger partial charge in [0.15, 0.2) is 11.6 Å². The molecule has 0 aromatic heterocycles. The van der Waals surface area contributed by atoms with E-state index in [1.807, 2.05) is 0 Å². The summed E-state index contributed by atoms with van der Waals surface area (Å²) in [4.78, 5) is 10.2. The van der Waals surface area contributed by atoms with Crippen LogP contribution < -0.4 is 34.7 Å². The van der Waals surface area contributed by atoms with E-state index in [2.05, 4.69) is 0 Å². The predicted octanol–water partition coefficient (Wildman–Crippen LogP) is -2.01. The maximum absolute atomic E-state index is 12.6. The van der Waals surface area contributed by atoms with Crippen LogP contribution in [-0.2, 0) is 0 Å². The average molecular weight is 215 g/mol. The van der Waals surface area contributed by atoms with Gasteiger partial charge in [0.05, 0.1) is 11.0 Å². The Kier molecular flexibility index (Phi) is 4.85. The number of carboxylic acid groups (broad SMARTS) is 1. The molecule has 0 aliphatic rings. The van der Waals surface area contributed by atoms with Crippen LogP contribution in [0.4, 0.5) is 8.78 Å². The number of carbonyl (C=O) groups is 1. The van der Waals surface area contributed by atoms with Crippen molar-refractivity contribution in [3.05, 3.63) is 34.4 Å². The fourth-order valence-electron chi connectivity index (χ4n) is 0.684. The minimum absolute atomic E-state index is 0. The Bertz CT molecular complexity index is 344. The van der Waals surface area contributed by atoms with Crippen LogP contribution in [-0.4, -0.2) is 5.97 Å². The molecule has 0 aliphatic carbocycles. The van der Waals surface area contributed by atoms with Gasteiger partial charge in [0, 0.05) is 5.56 Å². The van der Waals surface area contributed by atoms with Gasteiger partial charge in [0.2, 0.25) is 0 Å². The van der Waals surface area contributed by atoms with Gasteiger partial charge in [-0.2, -0.15) is 0 Å². The molecule has 0 unspecified atom stereocenters. The molecule has 0 aliphatic heterocycles. The van der Waals surface area contributed by atoms with E-state index in [9.17, 15) is 18.7 Å². The average Bonchev–Trinajstić information content (AvgIpc) is 2.00. The Balaban J connectivity index is 0.00000144. The third kappa shape index (κ3) is 2.64. The first kappa shape index (κ1) is 12.8. The van der Waals surface area contributed by atoms with Gasteiger partial charge in [0.25, 0.3) is 0 Å². The molecule has 13 heavy (non-hydrogen) atoms. The Labute approximate surface area is 99.8 Å². The van der Waals surface area contributed by atoms with Crippen LogP contribution in [0, 0.1) is 11.6 Å². The van der Waals surface area contributed by atoms with Gasteiger partial charge in [-0.15, -0.1) is 0 Å². The first-order chi connectivity index (χ1) is 5.54. The van der Waals surface area contributed by atoms with E-state index < -0.39 is 28.2 Å². The van der Waals surface area contributed by atoms with Crippen molar-refractivity contribution in [3.63, 3.8) is 0 Å². The number of aromatic carboxylic acids is 1. The second kappa shape index (κ2) is 4.91. The van der Waals surface area contributed by atoms with Gasteiger partial charge in [-0.05, 0) is 12.1 Å². The zero-order valence-electron chi connectivity index (χ0n) is 6.61. The number of carbonyl (C=O) groups excluding carboxylic acids is 1. The Morgan fingerprint density at radius 2 is 1.92 bits per heavy atom. The normalized spacial score (nSPS) is 9.15. The molecule has 64 valence electrons. The summed E-state index contributed by atoms with van der Waals surface area (Å²) in [7, 11) is 0. The van der Waals surface area contributed by atoms with Crippen molar-refractivity contribution in [1.29, 1.82) is 0 Å². The van der Waals surface area contributed by atoms with Crippen molar-refractivity contribution in [2.24, 2.45) is 0 Å². The van der Waals surface area contributed by atoms with Crippen LogP contribution in [0.2, 0.25) is 5.02 Å². The van der Waals surface area contributed by atoms with Crippen LogP contribution in [0.1, 0.15) is 10.4 Å². The smallest absolute Gasteiger partial charge is 0.545 e. The summed E-state index contributed by atoms with van der Waals surface area (Å²) >= 11 is 5.16. The van der Waals surface area contributed by atoms with Gasteiger partial charge in [0.1, 0.15) is 0 Å². The first-order valence-electron chi connectivity index (χ1n) is 2.89. The molecule has 0 spiro atoms. The molecule has 0 radical (unpaired) electrons. The van der Waals surface area contributed by atoms with E-state index in [1.165, 1.54) is 0 Å². The zero-order valence-corrected chi connectivity index (χ0v) is 9.36. The van der Waals surface area contributed by atoms with Crippen LogP contribution in [0.25, 0.3) is 0 Å². The van der Waals surface area contributed by atoms with E-state index in [0.29, 0.717) is 6.07 Å². The Morgan fingerprint density at radius 1 is 1.38 bits per heavy atom. The summed E-state index contributed by atoms with van der Waals surface area (Å²) in [6, 6.07) is 1.52. The molecule has 1 aromatic carbocycles. The first-order valence-corrected chi connectivity index (χ1v) is 3.26. The molecule has 0 heterocycles. The van der Waals surface area contributed by atoms with Crippen LogP contribution >= 0.6 is 11.6 Å². The summed E-state index contributed by atoms with van der Waals surface area (Å²) < 4.78 is 24.9. The molecule has 0 saturated carbocycles. The quantitative estimate of drug-likeness (QED) is 0.400. The molecular weight excluding hydrogens is 213 g/mol. The van der Waals surface area contributed by atoms with Gasteiger partial charge >= 0.3 is 29.6 Å². The number of hydrogen-bond donors (Lipinski definition) is 0. The second-order valence-electron chi connectivity index (χ2n) is 2.01. The fraction of sp³-hybridized carbons (Fsp3) is 0. The monoisotopic (exact) mass is 214 g/mol. The van der Waals surface area contributed by atoms with Crippen LogP contribution in [0.5, 0.6) is 0 Å². The van der Waals surface area contributed by atoms with E-state index in [1.54, 1.807) is 0 Å². The Hall–Kier alpha value is -0.160. The largest absolute Gasteiger partial charge is 1.00 e. The van der Waals surface area contributed by atoms with E-state index in [4.69, 9.17) is 11.6 Å². The molecule has 0 N–H and O–H groups in total. The van der Waals surface area contributed by atoms with Crippen molar-refractivity contribution in [1.82, 2.24) is 0 Å². The van der Waals surface area contributed by atoms with Crippen molar-refractivity contribution < 1.29 is 48.2 Å². The summed E-state index contributed by atoms with van der Waals surface area (Å²) in [5.41, 5.74) is -0.560. The minimum atomic E-state index is -1.64. The molecule has 6 heteroatoms. The Morgan fingerprint density at radius 3 is 2.38 bits per heavy atom. The molecule has 0 atom stereocenters. The van der Waals surface area contributed by atoms with Gasteiger partial charge in [-0.3, -0.25) is 0 Å². The minimum Gasteiger partial charge on any atom is -0.545 e. The summed E-state index contributed by atoms with van der Waals surface area (Å²) in [5, 5.41) is 9.43. The van der Waals surface area contributed by atoms with Gasteiger partial charge in [-0.25, -0.2) is 8.78 Å². The number of benzene rings is 1. The molecular formula is C7H2ClF2NaO2. The molecule has 0 fully saturated rings. The zero-order chi connectivity index (χ0) is 9.30. The van der Waals surface area contributed by atoms with Gasteiger partial charge < -0.3 is 9.90 Å². The van der Waals surface area contributed by atoms with E-state index in [0.717, 1.165) is 6.07 Å².